The Morgan fingerprint density at radius 1 is 1.31 bits per heavy atom. The van der Waals surface area contributed by atoms with Crippen molar-refractivity contribution in [2.45, 2.75) is 58.0 Å². The van der Waals surface area contributed by atoms with Crippen LogP contribution in [0.15, 0.2) is 18.0 Å². The van der Waals surface area contributed by atoms with E-state index in [1.54, 1.807) is 6.20 Å². The van der Waals surface area contributed by atoms with E-state index in [-0.39, 0.29) is 17.9 Å². The third-order valence-corrected chi connectivity index (χ3v) is 5.53. The molecule has 7 nitrogen and oxygen atoms in total. The van der Waals surface area contributed by atoms with Crippen LogP contribution in [0.25, 0.3) is 16.8 Å². The number of nitrogens with two attached hydrogens (primary N) is 1. The van der Waals surface area contributed by atoms with Crippen LogP contribution < -0.4 is 11.1 Å². The van der Waals surface area contributed by atoms with Crippen LogP contribution in [0.4, 0.5) is 5.69 Å². The van der Waals surface area contributed by atoms with Crippen LogP contribution in [0, 0.1) is 5.92 Å². The van der Waals surface area contributed by atoms with Crippen molar-refractivity contribution in [2.75, 3.05) is 5.32 Å². The molecule has 138 valence electrons. The molecule has 0 atom stereocenters. The molecule has 0 bridgehead atoms. The molecule has 7 heteroatoms. The predicted molar refractivity (Wildman–Crippen MR) is 101 cm³/mol. The van der Waals surface area contributed by atoms with Crippen LogP contribution in [0.2, 0.25) is 0 Å². The van der Waals surface area contributed by atoms with Crippen molar-refractivity contribution >= 4 is 28.4 Å². The quantitative estimate of drug-likeness (QED) is 0.715. The normalized spacial score (nSPS) is 22.4. The third-order valence-electron chi connectivity index (χ3n) is 5.53. The number of aliphatic hydroxyl groups excluding tert-OH is 1. The van der Waals surface area contributed by atoms with Crippen LogP contribution in [0.3, 0.4) is 0 Å². The fourth-order valence-corrected chi connectivity index (χ4v) is 3.81. The highest BCUT2D eigenvalue weighted by atomic mass is 16.3. The number of aromatic nitrogens is 3. The first kappa shape index (κ1) is 16.9. The van der Waals surface area contributed by atoms with E-state index < -0.39 is 0 Å². The van der Waals surface area contributed by atoms with Gasteiger partial charge < -0.3 is 16.2 Å². The second kappa shape index (κ2) is 6.63. The lowest BCUT2D eigenvalue weighted by molar-refractivity contribution is -0.122. The topological polar surface area (TPSA) is 106 Å². The molecule has 1 amide bonds. The van der Waals surface area contributed by atoms with Crippen LogP contribution in [-0.4, -0.2) is 31.8 Å². The van der Waals surface area contributed by atoms with Gasteiger partial charge in [-0.05, 0) is 51.0 Å². The summed E-state index contributed by atoms with van der Waals surface area (Å²) in [5.74, 6) is 0.127. The molecule has 2 aromatic rings. The molecule has 2 heterocycles. The summed E-state index contributed by atoms with van der Waals surface area (Å²) in [4.78, 5) is 15.9. The number of nitrogens with one attached hydrogen (secondary N) is 1. The average Bonchev–Trinajstić information content (AvgIpc) is 3.41. The number of hydrogen-bond acceptors (Lipinski definition) is 5. The molecular weight excluding hydrogens is 330 g/mol. The number of aryl methyl sites for hydroxylation is 1. The lowest BCUT2D eigenvalue weighted by atomic mass is 9.85. The number of hydrogen-bond donors (Lipinski definition) is 3. The first-order chi connectivity index (χ1) is 12.6. The lowest BCUT2D eigenvalue weighted by Gasteiger charge is -2.29. The van der Waals surface area contributed by atoms with Gasteiger partial charge in [-0.2, -0.15) is 5.10 Å². The van der Waals surface area contributed by atoms with E-state index in [1.165, 1.54) is 0 Å². The number of allylic oxidation sites excluding steroid dienone is 1. The van der Waals surface area contributed by atoms with Gasteiger partial charge in [0.05, 0.1) is 22.8 Å². The summed E-state index contributed by atoms with van der Waals surface area (Å²) in [7, 11) is 0. The monoisotopic (exact) mass is 355 g/mol. The van der Waals surface area contributed by atoms with Gasteiger partial charge in [0.15, 0.2) is 5.65 Å². The van der Waals surface area contributed by atoms with Gasteiger partial charge in [-0.15, -0.1) is 0 Å². The van der Waals surface area contributed by atoms with Crippen molar-refractivity contribution in [1.29, 1.82) is 0 Å². The Kier molecular flexibility index (Phi) is 4.30. The van der Waals surface area contributed by atoms with Gasteiger partial charge in [0, 0.05) is 24.7 Å². The number of primary amides is 1. The summed E-state index contributed by atoms with van der Waals surface area (Å²) in [6, 6.07) is 0.247. The molecule has 2 fully saturated rings. The minimum Gasteiger partial charge on any atom is -0.507 e. The number of rotatable bonds is 5. The maximum absolute atomic E-state index is 11.4. The van der Waals surface area contributed by atoms with E-state index in [2.05, 4.69) is 15.4 Å². The highest BCUT2D eigenvalue weighted by molar-refractivity contribution is 5.95. The molecule has 0 spiro atoms. The molecule has 2 aromatic heterocycles. The molecule has 0 radical (unpaired) electrons. The molecule has 4 rings (SSSR count). The first-order valence-electron chi connectivity index (χ1n) is 9.40. The molecule has 0 saturated heterocycles. The van der Waals surface area contributed by atoms with Gasteiger partial charge in [-0.3, -0.25) is 4.79 Å². The van der Waals surface area contributed by atoms with Crippen molar-refractivity contribution in [3.63, 3.8) is 0 Å². The summed E-state index contributed by atoms with van der Waals surface area (Å²) in [6.45, 7) is 2.77. The predicted octanol–water partition coefficient (Wildman–Crippen LogP) is 2.97. The molecule has 0 unspecified atom stereocenters. The number of pyridine rings is 1. The second-order valence-electron chi connectivity index (χ2n) is 7.29. The largest absolute Gasteiger partial charge is 0.507 e. The molecule has 2 aliphatic carbocycles. The van der Waals surface area contributed by atoms with Crippen LogP contribution in [0.5, 0.6) is 0 Å². The van der Waals surface area contributed by atoms with Gasteiger partial charge in [-0.25, -0.2) is 9.67 Å². The SMILES string of the molecule is CCn1ncc2c(NC3CCC(C(N)=O)CC3)c(C(O)=C3CC3)cnc21. The van der Waals surface area contributed by atoms with Gasteiger partial charge >= 0.3 is 0 Å². The Hall–Kier alpha value is -2.57. The van der Waals surface area contributed by atoms with Crippen LogP contribution in [-0.2, 0) is 11.3 Å². The highest BCUT2D eigenvalue weighted by Gasteiger charge is 2.27. The molecule has 4 N–H and O–H groups in total. The van der Waals surface area contributed by atoms with Gasteiger partial charge in [0.25, 0.3) is 0 Å². The zero-order valence-corrected chi connectivity index (χ0v) is 15.0. The minimum atomic E-state index is -0.198. The van der Waals surface area contributed by atoms with Crippen molar-refractivity contribution in [3.05, 3.63) is 23.5 Å². The third kappa shape index (κ3) is 3.02. The molecule has 2 saturated carbocycles. The van der Waals surface area contributed by atoms with E-state index in [0.717, 1.165) is 72.9 Å². The summed E-state index contributed by atoms with van der Waals surface area (Å²) < 4.78 is 1.86. The minimum absolute atomic E-state index is 0.0187. The number of fused-ring (bicyclic) bond motifs is 1. The van der Waals surface area contributed by atoms with E-state index in [1.807, 2.05) is 17.8 Å². The molecular formula is C19H25N5O2. The number of amides is 1. The Morgan fingerprint density at radius 3 is 2.65 bits per heavy atom. The number of carbonyl (C=O) groups excluding carboxylic acids is 1. The lowest BCUT2D eigenvalue weighted by Crippen LogP contribution is -2.32. The summed E-state index contributed by atoms with van der Waals surface area (Å²) in [6.07, 6.45) is 8.83. The Balaban J connectivity index is 1.68. The average molecular weight is 355 g/mol. The zero-order chi connectivity index (χ0) is 18.3. The maximum atomic E-state index is 11.4. The van der Waals surface area contributed by atoms with Gasteiger partial charge in [0.1, 0.15) is 5.76 Å². The summed E-state index contributed by atoms with van der Waals surface area (Å²) >= 11 is 0. The molecule has 26 heavy (non-hydrogen) atoms. The Morgan fingerprint density at radius 2 is 2.04 bits per heavy atom. The second-order valence-corrected chi connectivity index (χ2v) is 7.29. The summed E-state index contributed by atoms with van der Waals surface area (Å²) in [5, 5.41) is 19.6. The van der Waals surface area contributed by atoms with E-state index in [9.17, 15) is 9.90 Å². The molecule has 0 aliphatic heterocycles. The van der Waals surface area contributed by atoms with E-state index in [0.29, 0.717) is 5.76 Å². The van der Waals surface area contributed by atoms with Crippen LogP contribution >= 0.6 is 0 Å². The number of anilines is 1. The number of aliphatic hydroxyl groups is 1. The molecule has 0 aromatic carbocycles. The van der Waals surface area contributed by atoms with Gasteiger partial charge in [-0.1, -0.05) is 0 Å². The zero-order valence-electron chi connectivity index (χ0n) is 15.0. The maximum Gasteiger partial charge on any atom is 0.220 e. The van der Waals surface area contributed by atoms with E-state index in [4.69, 9.17) is 5.73 Å². The smallest absolute Gasteiger partial charge is 0.220 e. The standard InChI is InChI=1S/C19H25N5O2/c1-2-24-19-15(10-22-24)16(14(9-21-19)17(25)11-3-4-11)23-13-7-5-12(6-8-13)18(20)26/h9-10,12-13,25H,2-8H2,1H3,(H2,20,26)(H,21,23). The van der Waals surface area contributed by atoms with Gasteiger partial charge in [0.2, 0.25) is 5.91 Å². The van der Waals surface area contributed by atoms with Crippen molar-refractivity contribution in [2.24, 2.45) is 11.7 Å². The van der Waals surface area contributed by atoms with Crippen molar-refractivity contribution < 1.29 is 9.90 Å². The molecule has 2 aliphatic rings. The fraction of sp³-hybridized carbons (Fsp3) is 0.526. The van der Waals surface area contributed by atoms with Crippen molar-refractivity contribution in [1.82, 2.24) is 14.8 Å². The van der Waals surface area contributed by atoms with E-state index >= 15 is 0 Å². The van der Waals surface area contributed by atoms with Crippen molar-refractivity contribution in [3.8, 4) is 0 Å². The first-order valence-corrected chi connectivity index (χ1v) is 9.40. The van der Waals surface area contributed by atoms with Crippen LogP contribution in [0.1, 0.15) is 51.0 Å². The fourth-order valence-electron chi connectivity index (χ4n) is 3.81. The Labute approximate surface area is 152 Å². The summed E-state index contributed by atoms with van der Waals surface area (Å²) in [5.41, 5.74) is 8.99. The number of carbonyl (C=O) groups is 1. The highest BCUT2D eigenvalue weighted by Crippen LogP contribution is 2.40. The number of nitrogens with zero attached hydrogens (tertiary/aromatic N) is 3. The Bertz CT molecular complexity index is 871.